The maximum absolute atomic E-state index is 13.0. The van der Waals surface area contributed by atoms with E-state index in [1.54, 1.807) is 6.08 Å². The highest BCUT2D eigenvalue weighted by atomic mass is 16.5. The molecule has 1 aromatic rings. The number of aliphatic hydroxyl groups is 1. The second-order valence-corrected chi connectivity index (χ2v) is 9.78. The number of aliphatic hydroxyl groups excluding tert-OH is 1. The lowest BCUT2D eigenvalue weighted by Crippen LogP contribution is -2.51. The molecule has 5 nitrogen and oxygen atoms in total. The van der Waals surface area contributed by atoms with Gasteiger partial charge in [0.05, 0.1) is 17.6 Å². The Bertz CT molecular complexity index is 1090. The van der Waals surface area contributed by atoms with Gasteiger partial charge in [-0.2, -0.15) is 0 Å². The van der Waals surface area contributed by atoms with Crippen LogP contribution < -0.4 is 0 Å². The van der Waals surface area contributed by atoms with Crippen molar-refractivity contribution in [2.75, 3.05) is 6.61 Å². The maximum Gasteiger partial charge on any atom is 0.338 e. The molecule has 0 amide bonds. The van der Waals surface area contributed by atoms with Crippen LogP contribution in [0.4, 0.5) is 0 Å². The summed E-state index contributed by atoms with van der Waals surface area (Å²) in [6, 6.07) is 5.97. The molecule has 1 fully saturated rings. The number of phenols is 1. The fourth-order valence-corrected chi connectivity index (χ4v) is 5.33. The van der Waals surface area contributed by atoms with Gasteiger partial charge in [-0.3, -0.25) is 4.79 Å². The Hall–Kier alpha value is -2.92. The molecular weight excluding hydrogens is 404 g/mol. The fourth-order valence-electron chi connectivity index (χ4n) is 5.33. The Morgan fingerprint density at radius 2 is 1.84 bits per heavy atom. The lowest BCUT2D eigenvalue weighted by molar-refractivity contribution is -0.112. The standard InChI is InChI=1S/C27H30O5/c1-16(2)20-13-18-7-10-23-26(3,15-28)12-11-24(27(23,4)21(18)14-22(20)30)32-25(31)17-5-8-19(29)9-6-17/h5-10,13-14,16,24,28-29H,11-12,15H2,1-4H3/t24-,26+,27+/m0/s1. The average Bonchev–Trinajstić information content (AvgIpc) is 2.76. The summed E-state index contributed by atoms with van der Waals surface area (Å²) in [6.07, 6.45) is 8.42. The zero-order valence-electron chi connectivity index (χ0n) is 19.0. The van der Waals surface area contributed by atoms with Crippen LogP contribution in [0.3, 0.4) is 0 Å². The number of esters is 1. The van der Waals surface area contributed by atoms with Gasteiger partial charge in [-0.15, -0.1) is 0 Å². The molecule has 168 valence electrons. The van der Waals surface area contributed by atoms with Gasteiger partial charge in [0.2, 0.25) is 0 Å². The Kier molecular flexibility index (Phi) is 5.49. The molecule has 0 radical (unpaired) electrons. The van der Waals surface area contributed by atoms with Crippen molar-refractivity contribution in [2.24, 2.45) is 16.7 Å². The number of phenolic OH excluding ortho intramolecular Hbond substituents is 1. The average molecular weight is 435 g/mol. The Balaban J connectivity index is 1.77. The number of rotatable bonds is 4. The quantitative estimate of drug-likeness (QED) is 0.673. The molecule has 0 heterocycles. The first kappa shape index (κ1) is 22.3. The number of carbonyl (C=O) groups excluding carboxylic acids is 2. The second-order valence-electron chi connectivity index (χ2n) is 9.78. The lowest BCUT2D eigenvalue weighted by Gasteiger charge is -2.53. The van der Waals surface area contributed by atoms with Crippen LogP contribution in [0.15, 0.2) is 70.9 Å². The molecule has 3 atom stereocenters. The van der Waals surface area contributed by atoms with Crippen molar-refractivity contribution in [1.29, 1.82) is 0 Å². The highest BCUT2D eigenvalue weighted by Crippen LogP contribution is 2.59. The van der Waals surface area contributed by atoms with Gasteiger partial charge >= 0.3 is 5.97 Å². The molecule has 1 saturated carbocycles. The minimum absolute atomic E-state index is 0.0190. The van der Waals surface area contributed by atoms with Crippen molar-refractivity contribution in [3.63, 3.8) is 0 Å². The van der Waals surface area contributed by atoms with E-state index in [1.807, 2.05) is 45.9 Å². The van der Waals surface area contributed by atoms with Crippen LogP contribution in [-0.4, -0.2) is 34.7 Å². The Morgan fingerprint density at radius 3 is 2.47 bits per heavy atom. The van der Waals surface area contributed by atoms with Crippen LogP contribution in [0.1, 0.15) is 50.9 Å². The first-order valence-electron chi connectivity index (χ1n) is 11.1. The predicted molar refractivity (Wildman–Crippen MR) is 122 cm³/mol. The van der Waals surface area contributed by atoms with E-state index >= 15 is 0 Å². The molecule has 0 bridgehead atoms. The van der Waals surface area contributed by atoms with E-state index in [9.17, 15) is 19.8 Å². The number of fused-ring (bicyclic) bond motifs is 3. The van der Waals surface area contributed by atoms with Gasteiger partial charge in [0.25, 0.3) is 0 Å². The number of hydrogen-bond acceptors (Lipinski definition) is 5. The largest absolute Gasteiger partial charge is 0.508 e. The monoisotopic (exact) mass is 434 g/mol. The summed E-state index contributed by atoms with van der Waals surface area (Å²) in [6.45, 7) is 8.02. The van der Waals surface area contributed by atoms with Gasteiger partial charge in [-0.1, -0.05) is 32.9 Å². The summed E-state index contributed by atoms with van der Waals surface area (Å²) in [7, 11) is 0. The van der Waals surface area contributed by atoms with Crippen LogP contribution in [0.5, 0.6) is 5.75 Å². The van der Waals surface area contributed by atoms with Crippen molar-refractivity contribution in [3.8, 4) is 5.75 Å². The van der Waals surface area contributed by atoms with E-state index in [2.05, 4.69) is 0 Å². The zero-order valence-corrected chi connectivity index (χ0v) is 19.0. The normalized spacial score (nSPS) is 29.3. The number of allylic oxidation sites excluding steroid dienone is 6. The molecule has 5 heteroatoms. The SMILES string of the molecule is CC(C)C1=CC2=CC=C3[C@@](C)(CO)CC[C@H](OC(=O)c4ccc(O)cc4)[C@]3(C)C2=CC1=O. The third kappa shape index (κ3) is 3.45. The summed E-state index contributed by atoms with van der Waals surface area (Å²) in [4.78, 5) is 25.9. The maximum atomic E-state index is 13.0. The number of ether oxygens (including phenoxy) is 1. The van der Waals surface area contributed by atoms with Gasteiger partial charge in [-0.25, -0.2) is 4.79 Å². The highest BCUT2D eigenvalue weighted by Gasteiger charge is 2.55. The highest BCUT2D eigenvalue weighted by molar-refractivity contribution is 6.07. The van der Waals surface area contributed by atoms with Gasteiger partial charge in [0.15, 0.2) is 5.78 Å². The summed E-state index contributed by atoms with van der Waals surface area (Å²) >= 11 is 0. The van der Waals surface area contributed by atoms with Gasteiger partial charge < -0.3 is 14.9 Å². The van der Waals surface area contributed by atoms with E-state index in [0.717, 1.165) is 22.3 Å². The summed E-state index contributed by atoms with van der Waals surface area (Å²) in [5.74, 6) is -0.303. The molecule has 2 N–H and O–H groups in total. The van der Waals surface area contributed by atoms with Crippen LogP contribution >= 0.6 is 0 Å². The molecule has 0 saturated heterocycles. The minimum Gasteiger partial charge on any atom is -0.508 e. The molecule has 0 aliphatic heterocycles. The van der Waals surface area contributed by atoms with E-state index in [-0.39, 0.29) is 24.1 Å². The molecule has 3 aliphatic carbocycles. The lowest BCUT2D eigenvalue weighted by atomic mass is 9.52. The van der Waals surface area contributed by atoms with Gasteiger partial charge in [-0.05, 0) is 78.8 Å². The van der Waals surface area contributed by atoms with E-state index in [4.69, 9.17) is 4.74 Å². The number of carbonyl (C=O) groups is 2. The molecule has 3 aliphatic rings. The van der Waals surface area contributed by atoms with Crippen molar-refractivity contribution in [1.82, 2.24) is 0 Å². The third-order valence-electron chi connectivity index (χ3n) is 7.31. The number of benzene rings is 1. The molecule has 1 aromatic carbocycles. The van der Waals surface area contributed by atoms with Crippen molar-refractivity contribution >= 4 is 11.8 Å². The molecule has 0 spiro atoms. The number of ketones is 1. The number of aromatic hydroxyl groups is 1. The predicted octanol–water partition coefficient (Wildman–Crippen LogP) is 4.67. The zero-order chi connectivity index (χ0) is 23.3. The first-order valence-corrected chi connectivity index (χ1v) is 11.1. The van der Waals surface area contributed by atoms with Crippen LogP contribution in [0.25, 0.3) is 0 Å². The smallest absolute Gasteiger partial charge is 0.338 e. The fraction of sp³-hybridized carbons (Fsp3) is 0.407. The van der Waals surface area contributed by atoms with E-state index < -0.39 is 22.9 Å². The Morgan fingerprint density at radius 1 is 1.16 bits per heavy atom. The van der Waals surface area contributed by atoms with Crippen LogP contribution in [-0.2, 0) is 9.53 Å². The van der Waals surface area contributed by atoms with Crippen molar-refractivity contribution < 1.29 is 24.5 Å². The topological polar surface area (TPSA) is 83.8 Å². The van der Waals surface area contributed by atoms with E-state index in [0.29, 0.717) is 18.4 Å². The molecule has 4 rings (SSSR count). The number of hydrogen-bond donors (Lipinski definition) is 2. The first-order chi connectivity index (χ1) is 15.1. The molecule has 0 unspecified atom stereocenters. The Labute approximate surface area is 188 Å². The molecule has 0 aromatic heterocycles. The summed E-state index contributed by atoms with van der Waals surface area (Å²) in [5, 5.41) is 19.8. The second kappa shape index (κ2) is 7.89. The summed E-state index contributed by atoms with van der Waals surface area (Å²) in [5.41, 5.74) is 2.69. The minimum atomic E-state index is -0.735. The third-order valence-corrected chi connectivity index (χ3v) is 7.31. The van der Waals surface area contributed by atoms with Crippen LogP contribution in [0.2, 0.25) is 0 Å². The van der Waals surface area contributed by atoms with Crippen molar-refractivity contribution in [2.45, 2.75) is 46.6 Å². The van der Waals surface area contributed by atoms with Crippen molar-refractivity contribution in [3.05, 3.63) is 76.4 Å². The van der Waals surface area contributed by atoms with Gasteiger partial charge in [0, 0.05) is 11.0 Å². The van der Waals surface area contributed by atoms with Crippen LogP contribution in [0, 0.1) is 16.7 Å². The summed E-state index contributed by atoms with van der Waals surface area (Å²) < 4.78 is 6.04. The molecular formula is C27H30O5. The molecule has 32 heavy (non-hydrogen) atoms. The van der Waals surface area contributed by atoms with Gasteiger partial charge in [0.1, 0.15) is 11.9 Å². The van der Waals surface area contributed by atoms with E-state index in [1.165, 1.54) is 24.3 Å².